The number of hydrogen-bond acceptors (Lipinski definition) is 3. The van der Waals surface area contributed by atoms with Crippen LogP contribution in [0, 0.1) is 0 Å². The Balaban J connectivity index is 2.06. The molecule has 1 N–H and O–H groups in total. The van der Waals surface area contributed by atoms with Gasteiger partial charge in [0.1, 0.15) is 0 Å². The van der Waals surface area contributed by atoms with Crippen molar-refractivity contribution in [2.45, 2.75) is 19.3 Å². The second-order valence-corrected chi connectivity index (χ2v) is 6.88. The van der Waals surface area contributed by atoms with Crippen LogP contribution < -0.4 is 5.32 Å². The summed E-state index contributed by atoms with van der Waals surface area (Å²) in [6, 6.07) is 9.99. The molecule has 0 aliphatic rings. The Labute approximate surface area is 114 Å². The molecule has 0 aromatic heterocycles. The molecule has 0 radical (unpaired) electrons. The molecule has 0 unspecified atom stereocenters. The normalized spacial score (nSPS) is 11.4. The lowest BCUT2D eigenvalue weighted by molar-refractivity contribution is 0.592. The third-order valence-corrected chi connectivity index (χ3v) is 4.77. The Morgan fingerprint density at radius 1 is 1.00 bits per heavy atom. The van der Waals surface area contributed by atoms with E-state index >= 15 is 0 Å². The molecule has 3 nitrogen and oxygen atoms in total. The fourth-order valence-corrected chi connectivity index (χ4v) is 3.42. The highest BCUT2D eigenvalue weighted by Gasteiger charge is 2.08. The van der Waals surface area contributed by atoms with E-state index in [2.05, 4.69) is 5.32 Å². The van der Waals surface area contributed by atoms with Crippen molar-refractivity contribution in [3.63, 3.8) is 0 Å². The van der Waals surface area contributed by atoms with E-state index in [1.54, 1.807) is 0 Å². The topological polar surface area (TPSA) is 46.2 Å². The molecule has 0 bridgehead atoms. The van der Waals surface area contributed by atoms with Crippen LogP contribution in [0.25, 0.3) is 0 Å². The average Bonchev–Trinajstić information content (AvgIpc) is 2.35. The summed E-state index contributed by atoms with van der Waals surface area (Å²) in [5.74, 6) is 0.541. The van der Waals surface area contributed by atoms with E-state index in [1.807, 2.05) is 30.3 Å². The first-order chi connectivity index (χ1) is 8.64. The van der Waals surface area contributed by atoms with E-state index < -0.39 is 9.84 Å². The first-order valence-electron chi connectivity index (χ1n) is 6.19. The summed E-state index contributed by atoms with van der Waals surface area (Å²) in [7, 11) is -2.92. The molecule has 1 aromatic carbocycles. The summed E-state index contributed by atoms with van der Waals surface area (Å²) in [4.78, 5) is 0. The molecule has 1 rings (SSSR count). The summed E-state index contributed by atoms with van der Waals surface area (Å²) in [6.07, 6.45) is 2.61. The lowest BCUT2D eigenvalue weighted by Crippen LogP contribution is -2.12. The molecule has 0 atom stereocenters. The molecule has 0 saturated heterocycles. The maximum Gasteiger partial charge on any atom is 0.151 e. The zero-order chi connectivity index (χ0) is 13.3. The number of nitrogens with one attached hydrogen (secondary N) is 1. The van der Waals surface area contributed by atoms with Crippen molar-refractivity contribution in [1.82, 2.24) is 0 Å². The van der Waals surface area contributed by atoms with Crippen molar-refractivity contribution in [1.29, 1.82) is 0 Å². The van der Waals surface area contributed by atoms with Gasteiger partial charge in [-0.3, -0.25) is 0 Å². The van der Waals surface area contributed by atoms with E-state index in [0.29, 0.717) is 0 Å². The van der Waals surface area contributed by atoms with Crippen LogP contribution in [0.4, 0.5) is 5.69 Å². The third kappa shape index (κ3) is 6.87. The number of anilines is 1. The first kappa shape index (κ1) is 15.3. The van der Waals surface area contributed by atoms with Crippen LogP contribution in [-0.2, 0) is 9.84 Å². The molecule has 0 spiro atoms. The van der Waals surface area contributed by atoms with Crippen LogP contribution in [-0.4, -0.2) is 32.3 Å². The smallest absolute Gasteiger partial charge is 0.151 e. The molecule has 0 aliphatic carbocycles. The van der Waals surface area contributed by atoms with E-state index in [-0.39, 0.29) is 17.4 Å². The minimum atomic E-state index is -2.92. The zero-order valence-electron chi connectivity index (χ0n) is 10.4. The number of halogens is 1. The molecule has 5 heteroatoms. The maximum absolute atomic E-state index is 11.4. The predicted octanol–water partition coefficient (Wildman–Crippen LogP) is 2.92. The minimum absolute atomic E-state index is 0.0941. The van der Waals surface area contributed by atoms with Crippen LogP contribution in [0.3, 0.4) is 0 Å². The summed E-state index contributed by atoms with van der Waals surface area (Å²) in [5.41, 5.74) is 1.10. The van der Waals surface area contributed by atoms with Crippen molar-refractivity contribution >= 4 is 27.1 Å². The summed E-state index contributed by atoms with van der Waals surface area (Å²) >= 11 is 5.43. The van der Waals surface area contributed by atoms with Gasteiger partial charge in [0.25, 0.3) is 0 Å². The highest BCUT2D eigenvalue weighted by molar-refractivity contribution is 7.91. The Morgan fingerprint density at radius 2 is 1.72 bits per heavy atom. The minimum Gasteiger partial charge on any atom is -0.385 e. The van der Waals surface area contributed by atoms with Crippen molar-refractivity contribution in [2.75, 3.05) is 29.2 Å². The predicted molar refractivity (Wildman–Crippen MR) is 78.2 cm³/mol. The number of hydrogen-bond donors (Lipinski definition) is 1. The van der Waals surface area contributed by atoms with E-state index in [0.717, 1.165) is 31.5 Å². The molecule has 0 saturated carbocycles. The Kier molecular flexibility index (Phi) is 7.13. The SMILES string of the molecule is O=S(=O)(CCCl)CCCCCNc1ccccc1. The standard InChI is InChI=1S/C13H20ClNO2S/c14-9-12-18(16,17)11-6-2-5-10-15-13-7-3-1-4-8-13/h1,3-4,7-8,15H,2,5-6,9-12H2. The highest BCUT2D eigenvalue weighted by atomic mass is 35.5. The van der Waals surface area contributed by atoms with E-state index in [1.165, 1.54) is 0 Å². The number of alkyl halides is 1. The molecule has 0 aliphatic heterocycles. The van der Waals surface area contributed by atoms with Gasteiger partial charge in [-0.05, 0) is 25.0 Å². The maximum atomic E-state index is 11.4. The molecule has 0 amide bonds. The fraction of sp³-hybridized carbons (Fsp3) is 0.538. The number of unbranched alkanes of at least 4 members (excludes halogenated alkanes) is 2. The fourth-order valence-electron chi connectivity index (χ4n) is 1.63. The monoisotopic (exact) mass is 289 g/mol. The Morgan fingerprint density at radius 3 is 2.39 bits per heavy atom. The van der Waals surface area contributed by atoms with Crippen molar-refractivity contribution < 1.29 is 8.42 Å². The average molecular weight is 290 g/mol. The molecular formula is C13H20ClNO2S. The third-order valence-electron chi connectivity index (χ3n) is 2.62. The van der Waals surface area contributed by atoms with Gasteiger partial charge in [0.15, 0.2) is 9.84 Å². The second kappa shape index (κ2) is 8.38. The lowest BCUT2D eigenvalue weighted by Gasteiger charge is -2.06. The van der Waals surface area contributed by atoms with Gasteiger partial charge in [-0.2, -0.15) is 0 Å². The van der Waals surface area contributed by atoms with Crippen molar-refractivity contribution in [2.24, 2.45) is 0 Å². The van der Waals surface area contributed by atoms with Gasteiger partial charge in [0.05, 0.1) is 11.5 Å². The lowest BCUT2D eigenvalue weighted by atomic mass is 10.2. The Bertz CT molecular complexity index is 420. The molecule has 0 heterocycles. The molecular weight excluding hydrogens is 270 g/mol. The zero-order valence-corrected chi connectivity index (χ0v) is 12.0. The van der Waals surface area contributed by atoms with Crippen molar-refractivity contribution in [3.05, 3.63) is 30.3 Å². The van der Waals surface area contributed by atoms with Gasteiger partial charge < -0.3 is 5.32 Å². The highest BCUT2D eigenvalue weighted by Crippen LogP contribution is 2.06. The second-order valence-electron chi connectivity index (χ2n) is 4.19. The van der Waals surface area contributed by atoms with Crippen LogP contribution >= 0.6 is 11.6 Å². The van der Waals surface area contributed by atoms with Gasteiger partial charge in [0, 0.05) is 18.1 Å². The van der Waals surface area contributed by atoms with E-state index in [4.69, 9.17) is 11.6 Å². The number of sulfone groups is 1. The number of benzene rings is 1. The molecule has 102 valence electrons. The molecule has 1 aromatic rings. The van der Waals surface area contributed by atoms with Crippen LogP contribution in [0.1, 0.15) is 19.3 Å². The van der Waals surface area contributed by atoms with Gasteiger partial charge in [-0.25, -0.2) is 8.42 Å². The van der Waals surface area contributed by atoms with Gasteiger partial charge in [0.2, 0.25) is 0 Å². The number of rotatable bonds is 9. The summed E-state index contributed by atoms with van der Waals surface area (Å²) < 4.78 is 22.8. The van der Waals surface area contributed by atoms with Crippen LogP contribution in [0.2, 0.25) is 0 Å². The Hall–Kier alpha value is -0.740. The molecule has 18 heavy (non-hydrogen) atoms. The van der Waals surface area contributed by atoms with Crippen LogP contribution in [0.15, 0.2) is 30.3 Å². The summed E-state index contributed by atoms with van der Waals surface area (Å²) in [6.45, 7) is 0.875. The quantitative estimate of drug-likeness (QED) is 0.562. The largest absolute Gasteiger partial charge is 0.385 e. The van der Waals surface area contributed by atoms with Gasteiger partial charge >= 0.3 is 0 Å². The van der Waals surface area contributed by atoms with Crippen LogP contribution in [0.5, 0.6) is 0 Å². The van der Waals surface area contributed by atoms with E-state index in [9.17, 15) is 8.42 Å². The molecule has 0 fully saturated rings. The summed E-state index contributed by atoms with van der Waals surface area (Å²) in [5, 5.41) is 3.30. The van der Waals surface area contributed by atoms with Crippen molar-refractivity contribution in [3.8, 4) is 0 Å². The van der Waals surface area contributed by atoms with Gasteiger partial charge in [-0.15, -0.1) is 11.6 Å². The first-order valence-corrected chi connectivity index (χ1v) is 8.55. The number of para-hydroxylation sites is 1. The van der Waals surface area contributed by atoms with Gasteiger partial charge in [-0.1, -0.05) is 24.6 Å².